The fourth-order valence-electron chi connectivity index (χ4n) is 3.93. The number of rotatable bonds is 4. The van der Waals surface area contributed by atoms with Gasteiger partial charge in [0.1, 0.15) is 5.71 Å². The van der Waals surface area contributed by atoms with Gasteiger partial charge in [-0.05, 0) is 59.5 Å². The first-order valence-corrected chi connectivity index (χ1v) is 11.6. The molecule has 174 valence electrons. The summed E-state index contributed by atoms with van der Waals surface area (Å²) in [5, 5.41) is 3.50. The molecule has 0 atom stereocenters. The highest BCUT2D eigenvalue weighted by Crippen LogP contribution is 2.36. The summed E-state index contributed by atoms with van der Waals surface area (Å²) in [6, 6.07) is 12.8. The third-order valence-electron chi connectivity index (χ3n) is 5.67. The lowest BCUT2D eigenvalue weighted by Gasteiger charge is -2.19. The molecule has 0 N–H and O–H groups in total. The van der Waals surface area contributed by atoms with Gasteiger partial charge in [0.15, 0.2) is 5.03 Å². The number of carbonyl (C=O) groups is 1. The highest BCUT2D eigenvalue weighted by molar-refractivity contribution is 7.92. The number of halogens is 3. The molecule has 34 heavy (non-hydrogen) atoms. The van der Waals surface area contributed by atoms with Gasteiger partial charge in [-0.3, -0.25) is 4.31 Å². The number of sulfonamides is 1. The summed E-state index contributed by atoms with van der Waals surface area (Å²) in [4.78, 5) is 19.8. The Balaban J connectivity index is 1.39. The van der Waals surface area contributed by atoms with Crippen LogP contribution in [0.25, 0.3) is 11.1 Å². The Labute approximate surface area is 192 Å². The molecule has 0 fully saturated rings. The second kappa shape index (κ2) is 7.94. The number of fused-ring (bicyclic) bond motifs is 1. The average molecular weight is 487 g/mol. The fourth-order valence-corrected chi connectivity index (χ4v) is 5.35. The summed E-state index contributed by atoms with van der Waals surface area (Å²) in [5.41, 5.74) is 2.72. The van der Waals surface area contributed by atoms with E-state index >= 15 is 0 Å². The molecule has 0 amide bonds. The Morgan fingerprint density at radius 1 is 0.941 bits per heavy atom. The molecule has 0 radical (unpaired) electrons. The Hall–Kier alpha value is -3.73. The Morgan fingerprint density at radius 2 is 1.65 bits per heavy atom. The molecule has 3 heterocycles. The van der Waals surface area contributed by atoms with Crippen LogP contribution in [0.5, 0.6) is 0 Å². The lowest BCUT2D eigenvalue weighted by Crippen LogP contribution is -2.29. The molecule has 0 saturated carbocycles. The van der Waals surface area contributed by atoms with Gasteiger partial charge in [0.25, 0.3) is 10.0 Å². The van der Waals surface area contributed by atoms with E-state index in [0.717, 1.165) is 17.7 Å². The molecule has 0 saturated heterocycles. The summed E-state index contributed by atoms with van der Waals surface area (Å²) in [6.45, 7) is 0.215. The molecular formula is C23H16F3N3O4S. The van der Waals surface area contributed by atoms with Crippen molar-refractivity contribution >= 4 is 27.4 Å². The van der Waals surface area contributed by atoms with E-state index < -0.39 is 27.7 Å². The van der Waals surface area contributed by atoms with Crippen molar-refractivity contribution in [2.75, 3.05) is 10.8 Å². The first-order chi connectivity index (χ1) is 16.1. The molecule has 11 heteroatoms. The van der Waals surface area contributed by atoms with E-state index in [-0.39, 0.29) is 18.0 Å². The minimum Gasteiger partial charge on any atom is -0.318 e. The standard InChI is InChI=1S/C23H16F3N3O4S/c24-23(25,26)18-5-1-14(2-6-18)15-3-7-20-16(11-15)9-10-29(20)34(31,32)21-8-4-17(13-27-21)19-12-22(30)33-28-19/h1-8,11,13H,9-10,12H2. The zero-order chi connectivity index (χ0) is 24.1. The zero-order valence-electron chi connectivity index (χ0n) is 17.4. The summed E-state index contributed by atoms with van der Waals surface area (Å²) in [7, 11) is -3.94. The molecule has 0 unspecified atom stereocenters. The second-order valence-electron chi connectivity index (χ2n) is 7.81. The maximum atomic E-state index is 13.2. The van der Waals surface area contributed by atoms with Gasteiger partial charge in [-0.2, -0.15) is 21.6 Å². The van der Waals surface area contributed by atoms with Crippen LogP contribution in [0.2, 0.25) is 0 Å². The predicted molar refractivity (Wildman–Crippen MR) is 117 cm³/mol. The number of carbonyl (C=O) groups excluding carboxylic acids is 1. The number of pyridine rings is 1. The van der Waals surface area contributed by atoms with Crippen molar-refractivity contribution in [2.45, 2.75) is 24.0 Å². The van der Waals surface area contributed by atoms with Gasteiger partial charge in [0, 0.05) is 18.3 Å². The van der Waals surface area contributed by atoms with Gasteiger partial charge in [0.2, 0.25) is 0 Å². The number of benzene rings is 2. The van der Waals surface area contributed by atoms with Crippen LogP contribution in [0.3, 0.4) is 0 Å². The molecule has 0 spiro atoms. The van der Waals surface area contributed by atoms with Gasteiger partial charge in [-0.15, -0.1) is 0 Å². The van der Waals surface area contributed by atoms with Crippen LogP contribution in [0, 0.1) is 0 Å². The number of aromatic nitrogens is 1. The van der Waals surface area contributed by atoms with Crippen molar-refractivity contribution in [3.05, 3.63) is 77.5 Å². The van der Waals surface area contributed by atoms with E-state index in [1.807, 2.05) is 0 Å². The first-order valence-electron chi connectivity index (χ1n) is 10.2. The Kier molecular flexibility index (Phi) is 5.16. The summed E-state index contributed by atoms with van der Waals surface area (Å²) in [6.07, 6.45) is -2.63. The average Bonchev–Trinajstić information content (AvgIpc) is 3.45. The quantitative estimate of drug-likeness (QED) is 0.516. The highest BCUT2D eigenvalue weighted by atomic mass is 32.2. The van der Waals surface area contributed by atoms with Gasteiger partial charge in [-0.25, -0.2) is 9.78 Å². The molecule has 5 rings (SSSR count). The molecule has 7 nitrogen and oxygen atoms in total. The van der Waals surface area contributed by atoms with Gasteiger partial charge in [0.05, 0.1) is 17.7 Å². The second-order valence-corrected chi connectivity index (χ2v) is 9.62. The van der Waals surface area contributed by atoms with Crippen LogP contribution < -0.4 is 4.31 Å². The SMILES string of the molecule is O=C1CC(c2ccc(S(=O)(=O)N3CCc4cc(-c5ccc(C(F)(F)F)cc5)ccc43)nc2)=NO1. The van der Waals surface area contributed by atoms with E-state index in [1.165, 1.54) is 34.8 Å². The van der Waals surface area contributed by atoms with Crippen molar-refractivity contribution in [3.8, 4) is 11.1 Å². The largest absolute Gasteiger partial charge is 0.416 e. The minimum absolute atomic E-state index is 0.00541. The Morgan fingerprint density at radius 3 is 2.26 bits per heavy atom. The van der Waals surface area contributed by atoms with Gasteiger partial charge < -0.3 is 4.84 Å². The van der Waals surface area contributed by atoms with Crippen LogP contribution in [0.1, 0.15) is 23.1 Å². The smallest absolute Gasteiger partial charge is 0.318 e. The van der Waals surface area contributed by atoms with Crippen molar-refractivity contribution in [3.63, 3.8) is 0 Å². The number of alkyl halides is 3. The number of anilines is 1. The summed E-state index contributed by atoms with van der Waals surface area (Å²) in [5.74, 6) is -0.490. The third kappa shape index (κ3) is 3.92. The molecule has 2 aliphatic rings. The van der Waals surface area contributed by atoms with Gasteiger partial charge in [-0.1, -0.05) is 23.4 Å². The number of nitrogens with zero attached hydrogens (tertiary/aromatic N) is 3. The van der Waals surface area contributed by atoms with Crippen molar-refractivity contribution < 1.29 is 31.2 Å². The molecule has 0 bridgehead atoms. The van der Waals surface area contributed by atoms with Crippen molar-refractivity contribution in [1.82, 2.24) is 4.98 Å². The van der Waals surface area contributed by atoms with Crippen LogP contribution >= 0.6 is 0 Å². The summed E-state index contributed by atoms with van der Waals surface area (Å²) < 4.78 is 66.2. The minimum atomic E-state index is -4.41. The van der Waals surface area contributed by atoms with Crippen LogP contribution in [0.4, 0.5) is 18.9 Å². The summed E-state index contributed by atoms with van der Waals surface area (Å²) >= 11 is 0. The van der Waals surface area contributed by atoms with Crippen molar-refractivity contribution in [1.29, 1.82) is 0 Å². The molecule has 2 aromatic carbocycles. The van der Waals surface area contributed by atoms with Crippen LogP contribution in [-0.4, -0.2) is 31.6 Å². The monoisotopic (exact) mass is 487 g/mol. The molecule has 3 aromatic rings. The molecule has 0 aliphatic carbocycles. The number of oxime groups is 1. The van der Waals surface area contributed by atoms with E-state index in [9.17, 15) is 26.4 Å². The molecule has 2 aliphatic heterocycles. The van der Waals surface area contributed by atoms with E-state index in [4.69, 9.17) is 0 Å². The van der Waals surface area contributed by atoms with Crippen LogP contribution in [0.15, 0.2) is 71.0 Å². The Bertz CT molecular complexity index is 1420. The first kappa shape index (κ1) is 22.1. The molecule has 1 aromatic heterocycles. The highest BCUT2D eigenvalue weighted by Gasteiger charge is 2.33. The maximum absolute atomic E-state index is 13.2. The van der Waals surface area contributed by atoms with E-state index in [2.05, 4.69) is 15.0 Å². The number of hydrogen-bond acceptors (Lipinski definition) is 6. The zero-order valence-corrected chi connectivity index (χ0v) is 18.2. The van der Waals surface area contributed by atoms with E-state index in [0.29, 0.717) is 34.5 Å². The third-order valence-corrected chi connectivity index (χ3v) is 7.40. The fraction of sp³-hybridized carbons (Fsp3) is 0.174. The lowest BCUT2D eigenvalue weighted by atomic mass is 10.0. The predicted octanol–water partition coefficient (Wildman–Crippen LogP) is 4.17. The van der Waals surface area contributed by atoms with E-state index in [1.54, 1.807) is 18.2 Å². The normalized spacial score (nSPS) is 15.8. The number of hydrogen-bond donors (Lipinski definition) is 0. The van der Waals surface area contributed by atoms with Crippen LogP contribution in [-0.2, 0) is 32.3 Å². The maximum Gasteiger partial charge on any atom is 0.416 e. The van der Waals surface area contributed by atoms with Crippen molar-refractivity contribution in [2.24, 2.45) is 5.16 Å². The topological polar surface area (TPSA) is 88.9 Å². The molecular weight excluding hydrogens is 471 g/mol. The lowest BCUT2D eigenvalue weighted by molar-refractivity contribution is -0.140. The van der Waals surface area contributed by atoms with Gasteiger partial charge >= 0.3 is 12.1 Å².